The van der Waals surface area contributed by atoms with E-state index in [1.165, 1.54) is 0 Å². The lowest BCUT2D eigenvalue weighted by atomic mass is 10.1. The molecule has 110 valence electrons. The number of amides is 1. The number of aromatic nitrogens is 1. The van der Waals surface area contributed by atoms with Crippen molar-refractivity contribution in [3.63, 3.8) is 0 Å². The normalized spacial score (nSPS) is 12.0. The number of rotatable bonds is 4. The van der Waals surface area contributed by atoms with Crippen molar-refractivity contribution in [3.8, 4) is 0 Å². The van der Waals surface area contributed by atoms with Gasteiger partial charge in [-0.2, -0.15) is 0 Å². The Kier molecular flexibility index (Phi) is 4.12. The van der Waals surface area contributed by atoms with Crippen LogP contribution in [0.25, 0.3) is 10.8 Å². The summed E-state index contributed by atoms with van der Waals surface area (Å²) in [7, 11) is 0. The molecule has 3 aromatic rings. The second-order valence-corrected chi connectivity index (χ2v) is 5.01. The van der Waals surface area contributed by atoms with Gasteiger partial charge in [0.15, 0.2) is 6.10 Å². The Labute approximate surface area is 128 Å². The molecule has 2 N–H and O–H groups in total. The van der Waals surface area contributed by atoms with Crippen molar-refractivity contribution in [2.24, 2.45) is 0 Å². The van der Waals surface area contributed by atoms with Gasteiger partial charge in [-0.15, -0.1) is 0 Å². The highest BCUT2D eigenvalue weighted by Crippen LogP contribution is 2.17. The SMILES string of the molecule is O=C(NCc1nccc2ccccc12)C(O)c1ccccc1. The Morgan fingerprint density at radius 3 is 2.59 bits per heavy atom. The first kappa shape index (κ1) is 14.2. The van der Waals surface area contributed by atoms with Crippen molar-refractivity contribution in [3.05, 3.63) is 78.1 Å². The van der Waals surface area contributed by atoms with Crippen LogP contribution in [0.1, 0.15) is 17.4 Å². The van der Waals surface area contributed by atoms with Crippen LogP contribution in [-0.4, -0.2) is 16.0 Å². The van der Waals surface area contributed by atoms with Gasteiger partial charge < -0.3 is 10.4 Å². The van der Waals surface area contributed by atoms with E-state index in [-0.39, 0.29) is 6.54 Å². The number of hydrogen-bond donors (Lipinski definition) is 2. The minimum atomic E-state index is -1.17. The molecule has 0 fully saturated rings. The van der Waals surface area contributed by atoms with E-state index in [0.717, 1.165) is 16.5 Å². The van der Waals surface area contributed by atoms with E-state index >= 15 is 0 Å². The van der Waals surface area contributed by atoms with Gasteiger partial charge in [-0.25, -0.2) is 0 Å². The molecule has 0 saturated carbocycles. The van der Waals surface area contributed by atoms with E-state index in [2.05, 4.69) is 10.3 Å². The van der Waals surface area contributed by atoms with Crippen LogP contribution in [0, 0.1) is 0 Å². The van der Waals surface area contributed by atoms with Crippen LogP contribution < -0.4 is 5.32 Å². The lowest BCUT2D eigenvalue weighted by molar-refractivity contribution is -0.129. The van der Waals surface area contributed by atoms with E-state index in [0.29, 0.717) is 5.56 Å². The minimum absolute atomic E-state index is 0.282. The summed E-state index contributed by atoms with van der Waals surface area (Å²) < 4.78 is 0. The van der Waals surface area contributed by atoms with Gasteiger partial charge in [0.05, 0.1) is 12.2 Å². The second-order valence-electron chi connectivity index (χ2n) is 5.01. The zero-order valence-electron chi connectivity index (χ0n) is 11.9. The molecule has 0 spiro atoms. The Morgan fingerprint density at radius 2 is 1.77 bits per heavy atom. The van der Waals surface area contributed by atoms with Crippen molar-refractivity contribution in [1.82, 2.24) is 10.3 Å². The zero-order valence-corrected chi connectivity index (χ0v) is 11.9. The monoisotopic (exact) mass is 292 g/mol. The third kappa shape index (κ3) is 2.97. The first-order valence-electron chi connectivity index (χ1n) is 7.09. The first-order valence-corrected chi connectivity index (χ1v) is 7.09. The van der Waals surface area contributed by atoms with Crippen molar-refractivity contribution < 1.29 is 9.90 Å². The Balaban J connectivity index is 1.73. The van der Waals surface area contributed by atoms with Gasteiger partial charge >= 0.3 is 0 Å². The molecular formula is C18H16N2O2. The number of hydrogen-bond acceptors (Lipinski definition) is 3. The molecule has 0 aliphatic heterocycles. The highest BCUT2D eigenvalue weighted by Gasteiger charge is 2.16. The number of aliphatic hydroxyl groups is 1. The average molecular weight is 292 g/mol. The minimum Gasteiger partial charge on any atom is -0.378 e. The highest BCUT2D eigenvalue weighted by atomic mass is 16.3. The molecule has 1 unspecified atom stereocenters. The molecule has 0 aliphatic carbocycles. The first-order chi connectivity index (χ1) is 10.8. The maximum atomic E-state index is 12.1. The summed E-state index contributed by atoms with van der Waals surface area (Å²) in [6.45, 7) is 0.282. The van der Waals surface area contributed by atoms with Crippen molar-refractivity contribution in [2.45, 2.75) is 12.6 Å². The molecule has 4 nitrogen and oxygen atoms in total. The molecule has 0 bridgehead atoms. The second kappa shape index (κ2) is 6.37. The number of fused-ring (bicyclic) bond motifs is 1. The van der Waals surface area contributed by atoms with Crippen LogP contribution in [0.3, 0.4) is 0 Å². The molecule has 4 heteroatoms. The summed E-state index contributed by atoms with van der Waals surface area (Å²) in [5, 5.41) is 14.9. The number of nitrogens with zero attached hydrogens (tertiary/aromatic N) is 1. The van der Waals surface area contributed by atoms with Crippen molar-refractivity contribution in [1.29, 1.82) is 0 Å². The summed E-state index contributed by atoms with van der Waals surface area (Å²) >= 11 is 0. The molecule has 3 rings (SSSR count). The van der Waals surface area contributed by atoms with E-state index in [4.69, 9.17) is 0 Å². The van der Waals surface area contributed by atoms with E-state index < -0.39 is 12.0 Å². The van der Waals surface area contributed by atoms with Gasteiger partial charge in [-0.05, 0) is 17.0 Å². The molecular weight excluding hydrogens is 276 g/mol. The number of aliphatic hydroxyl groups excluding tert-OH is 1. The summed E-state index contributed by atoms with van der Waals surface area (Å²) in [4.78, 5) is 16.4. The molecule has 0 saturated heterocycles. The van der Waals surface area contributed by atoms with Crippen molar-refractivity contribution >= 4 is 16.7 Å². The molecule has 1 aromatic heterocycles. The molecule has 0 aliphatic rings. The van der Waals surface area contributed by atoms with Crippen LogP contribution in [0.2, 0.25) is 0 Å². The molecule has 2 aromatic carbocycles. The Bertz CT molecular complexity index is 782. The Morgan fingerprint density at radius 1 is 1.05 bits per heavy atom. The summed E-state index contributed by atoms with van der Waals surface area (Å²) in [5.41, 5.74) is 1.36. The van der Waals surface area contributed by atoms with Gasteiger partial charge in [-0.1, -0.05) is 54.6 Å². The van der Waals surface area contributed by atoms with Gasteiger partial charge in [0.1, 0.15) is 0 Å². The predicted molar refractivity (Wildman–Crippen MR) is 85.0 cm³/mol. The van der Waals surface area contributed by atoms with E-state index in [1.54, 1.807) is 30.5 Å². The van der Waals surface area contributed by atoms with Gasteiger partial charge in [-0.3, -0.25) is 9.78 Å². The summed E-state index contributed by atoms with van der Waals surface area (Å²) in [6.07, 6.45) is 0.549. The third-order valence-electron chi connectivity index (χ3n) is 3.55. The number of nitrogens with one attached hydrogen (secondary N) is 1. The molecule has 1 amide bonds. The number of benzene rings is 2. The molecule has 1 heterocycles. The zero-order chi connectivity index (χ0) is 15.4. The average Bonchev–Trinajstić information content (AvgIpc) is 2.59. The van der Waals surface area contributed by atoms with Crippen LogP contribution in [-0.2, 0) is 11.3 Å². The fraction of sp³-hybridized carbons (Fsp3) is 0.111. The Hall–Kier alpha value is -2.72. The lowest BCUT2D eigenvalue weighted by Crippen LogP contribution is -2.29. The quantitative estimate of drug-likeness (QED) is 0.777. The maximum absolute atomic E-state index is 12.1. The summed E-state index contributed by atoms with van der Waals surface area (Å²) in [5.74, 6) is -0.430. The number of pyridine rings is 1. The predicted octanol–water partition coefficient (Wildman–Crippen LogP) is 2.58. The largest absolute Gasteiger partial charge is 0.378 e. The highest BCUT2D eigenvalue weighted by molar-refractivity contribution is 5.85. The van der Waals surface area contributed by atoms with Crippen LogP contribution >= 0.6 is 0 Å². The van der Waals surface area contributed by atoms with Gasteiger partial charge in [0, 0.05) is 11.6 Å². The molecule has 22 heavy (non-hydrogen) atoms. The standard InChI is InChI=1S/C18H16N2O2/c21-17(14-7-2-1-3-8-14)18(22)20-12-16-15-9-5-4-6-13(15)10-11-19-16/h1-11,17,21H,12H2,(H,20,22). The third-order valence-corrected chi connectivity index (χ3v) is 3.55. The van der Waals surface area contributed by atoms with Crippen LogP contribution in [0.15, 0.2) is 66.9 Å². The van der Waals surface area contributed by atoms with E-state index in [9.17, 15) is 9.90 Å². The maximum Gasteiger partial charge on any atom is 0.253 e. The van der Waals surface area contributed by atoms with Gasteiger partial charge in [0.2, 0.25) is 0 Å². The fourth-order valence-electron chi connectivity index (χ4n) is 2.38. The summed E-state index contributed by atoms with van der Waals surface area (Å²) in [6, 6.07) is 18.7. The number of carbonyl (C=O) groups excluding carboxylic acids is 1. The smallest absolute Gasteiger partial charge is 0.253 e. The fourth-order valence-corrected chi connectivity index (χ4v) is 2.38. The van der Waals surface area contributed by atoms with Crippen molar-refractivity contribution in [2.75, 3.05) is 0 Å². The van der Waals surface area contributed by atoms with Crippen LogP contribution in [0.4, 0.5) is 0 Å². The van der Waals surface area contributed by atoms with E-state index in [1.807, 2.05) is 36.4 Å². The topological polar surface area (TPSA) is 62.2 Å². The van der Waals surface area contributed by atoms with Crippen LogP contribution in [0.5, 0.6) is 0 Å². The van der Waals surface area contributed by atoms with Gasteiger partial charge in [0.25, 0.3) is 5.91 Å². The number of carbonyl (C=O) groups is 1. The lowest BCUT2D eigenvalue weighted by Gasteiger charge is -2.12. The molecule has 0 radical (unpaired) electrons. The molecule has 1 atom stereocenters.